The third-order valence-corrected chi connectivity index (χ3v) is 5.26. The number of carbonyl (C=O) groups is 1. The van der Waals surface area contributed by atoms with E-state index in [1.54, 1.807) is 23.9 Å². The summed E-state index contributed by atoms with van der Waals surface area (Å²) < 4.78 is 0. The molecule has 0 saturated carbocycles. The molecule has 2 rings (SSSR count). The Balaban J connectivity index is 2.04. The van der Waals surface area contributed by atoms with Crippen molar-refractivity contribution in [3.63, 3.8) is 0 Å². The van der Waals surface area contributed by atoms with E-state index in [0.717, 1.165) is 17.1 Å². The zero-order valence-electron chi connectivity index (χ0n) is 11.2. The summed E-state index contributed by atoms with van der Waals surface area (Å²) >= 11 is 13.6. The van der Waals surface area contributed by atoms with Crippen molar-refractivity contribution in [1.29, 1.82) is 0 Å². The Morgan fingerprint density at radius 1 is 1.35 bits per heavy atom. The Labute approximate surface area is 133 Å². The Hall–Kier alpha value is -0.420. The normalized spacial score (nSPS) is 19.4. The topological polar surface area (TPSA) is 49.3 Å². The highest BCUT2D eigenvalue weighted by Gasteiger charge is 2.37. The highest BCUT2D eigenvalue weighted by atomic mass is 35.5. The van der Waals surface area contributed by atoms with Crippen LogP contribution >= 0.6 is 35.0 Å². The van der Waals surface area contributed by atoms with Crippen molar-refractivity contribution in [2.24, 2.45) is 0 Å². The molecule has 1 aromatic carbocycles. The molecule has 1 amide bonds. The standard InChI is InChI=1S/C14H17Cl2NO2S/c1-9(10-2-3-11(15)12(16)8-10)17-13(18)14(19)4-6-20-7-5-14/h2-3,8-9,19H,4-7H2,1H3,(H,17,18). The summed E-state index contributed by atoms with van der Waals surface area (Å²) in [7, 11) is 0. The van der Waals surface area contributed by atoms with Gasteiger partial charge in [-0.15, -0.1) is 0 Å². The minimum Gasteiger partial charge on any atom is -0.380 e. The molecule has 2 N–H and O–H groups in total. The second kappa shape index (κ2) is 6.56. The van der Waals surface area contributed by atoms with Crippen LogP contribution in [0.1, 0.15) is 31.4 Å². The van der Waals surface area contributed by atoms with Crippen molar-refractivity contribution in [2.45, 2.75) is 31.4 Å². The molecule has 0 aromatic heterocycles. The fourth-order valence-electron chi connectivity index (χ4n) is 2.13. The summed E-state index contributed by atoms with van der Waals surface area (Å²) in [5.41, 5.74) is -0.378. The van der Waals surface area contributed by atoms with Gasteiger partial charge in [0.25, 0.3) is 5.91 Å². The molecular weight excluding hydrogens is 317 g/mol. The van der Waals surface area contributed by atoms with Gasteiger partial charge in [0.2, 0.25) is 0 Å². The van der Waals surface area contributed by atoms with Crippen LogP contribution in [0, 0.1) is 0 Å². The van der Waals surface area contributed by atoms with Crippen LogP contribution < -0.4 is 5.32 Å². The van der Waals surface area contributed by atoms with Crippen molar-refractivity contribution in [3.05, 3.63) is 33.8 Å². The Kier molecular flexibility index (Phi) is 5.24. The van der Waals surface area contributed by atoms with E-state index in [-0.39, 0.29) is 11.9 Å². The highest BCUT2D eigenvalue weighted by Crippen LogP contribution is 2.29. The molecule has 1 unspecified atom stereocenters. The molecule has 1 atom stereocenters. The maximum Gasteiger partial charge on any atom is 0.252 e. The monoisotopic (exact) mass is 333 g/mol. The fourth-order valence-corrected chi connectivity index (χ4v) is 3.61. The largest absolute Gasteiger partial charge is 0.380 e. The van der Waals surface area contributed by atoms with Gasteiger partial charge in [-0.05, 0) is 49.0 Å². The first kappa shape index (κ1) is 16.0. The number of halogens is 2. The van der Waals surface area contributed by atoms with Crippen molar-refractivity contribution >= 4 is 40.9 Å². The number of aliphatic hydroxyl groups is 1. The first-order valence-corrected chi connectivity index (χ1v) is 8.39. The third kappa shape index (κ3) is 3.61. The number of benzene rings is 1. The van der Waals surface area contributed by atoms with E-state index in [1.807, 2.05) is 13.0 Å². The van der Waals surface area contributed by atoms with Crippen LogP contribution in [0.4, 0.5) is 0 Å². The zero-order chi connectivity index (χ0) is 14.8. The predicted octanol–water partition coefficient (Wildman–Crippen LogP) is 3.43. The first-order valence-electron chi connectivity index (χ1n) is 6.48. The molecule has 1 aliphatic rings. The minimum absolute atomic E-state index is 0.226. The van der Waals surface area contributed by atoms with E-state index in [0.29, 0.717) is 22.9 Å². The van der Waals surface area contributed by atoms with Crippen LogP contribution in [0.25, 0.3) is 0 Å². The molecule has 0 spiro atoms. The average molecular weight is 334 g/mol. The summed E-state index contributed by atoms with van der Waals surface area (Å²) in [4.78, 5) is 12.2. The van der Waals surface area contributed by atoms with E-state index in [4.69, 9.17) is 23.2 Å². The SMILES string of the molecule is CC(NC(=O)C1(O)CCSCC1)c1ccc(Cl)c(Cl)c1. The van der Waals surface area contributed by atoms with E-state index in [9.17, 15) is 9.90 Å². The minimum atomic E-state index is -1.24. The van der Waals surface area contributed by atoms with Crippen molar-refractivity contribution in [1.82, 2.24) is 5.32 Å². The van der Waals surface area contributed by atoms with E-state index in [1.165, 1.54) is 0 Å². The molecule has 0 radical (unpaired) electrons. The van der Waals surface area contributed by atoms with Gasteiger partial charge in [-0.1, -0.05) is 29.3 Å². The van der Waals surface area contributed by atoms with Gasteiger partial charge in [0.15, 0.2) is 0 Å². The maximum atomic E-state index is 12.2. The number of carbonyl (C=O) groups excluding carboxylic acids is 1. The second-order valence-corrected chi connectivity index (χ2v) is 7.05. The van der Waals surface area contributed by atoms with Crippen molar-refractivity contribution in [3.8, 4) is 0 Å². The summed E-state index contributed by atoms with van der Waals surface area (Å²) in [6.07, 6.45) is 0.995. The molecule has 1 aliphatic heterocycles. The molecule has 1 saturated heterocycles. The first-order chi connectivity index (χ1) is 9.42. The average Bonchev–Trinajstić information content (AvgIpc) is 2.42. The van der Waals surface area contributed by atoms with Gasteiger partial charge < -0.3 is 10.4 Å². The number of nitrogens with one attached hydrogen (secondary N) is 1. The van der Waals surface area contributed by atoms with Gasteiger partial charge in [0, 0.05) is 0 Å². The van der Waals surface area contributed by atoms with Crippen LogP contribution in [0.3, 0.4) is 0 Å². The molecule has 20 heavy (non-hydrogen) atoms. The highest BCUT2D eigenvalue weighted by molar-refractivity contribution is 7.99. The second-order valence-electron chi connectivity index (χ2n) is 5.01. The lowest BCUT2D eigenvalue weighted by atomic mass is 9.95. The van der Waals surface area contributed by atoms with Crippen molar-refractivity contribution < 1.29 is 9.90 Å². The lowest BCUT2D eigenvalue weighted by Gasteiger charge is -2.31. The summed E-state index contributed by atoms with van der Waals surface area (Å²) in [6.45, 7) is 1.86. The van der Waals surface area contributed by atoms with Gasteiger partial charge in [0.1, 0.15) is 5.60 Å². The lowest BCUT2D eigenvalue weighted by Crippen LogP contribution is -2.49. The van der Waals surface area contributed by atoms with Gasteiger partial charge in [-0.25, -0.2) is 0 Å². The molecule has 1 heterocycles. The van der Waals surface area contributed by atoms with Gasteiger partial charge in [0.05, 0.1) is 16.1 Å². The van der Waals surface area contributed by atoms with Crippen LogP contribution in [0.15, 0.2) is 18.2 Å². The molecular formula is C14H17Cl2NO2S. The van der Waals surface area contributed by atoms with Crippen LogP contribution in [0.5, 0.6) is 0 Å². The number of hydrogen-bond acceptors (Lipinski definition) is 3. The van der Waals surface area contributed by atoms with Crippen LogP contribution in [-0.2, 0) is 4.79 Å². The molecule has 3 nitrogen and oxygen atoms in total. The quantitative estimate of drug-likeness (QED) is 0.890. The van der Waals surface area contributed by atoms with Gasteiger partial charge in [-0.2, -0.15) is 11.8 Å². The summed E-state index contributed by atoms with van der Waals surface area (Å²) in [6, 6.07) is 5.03. The molecule has 110 valence electrons. The fraction of sp³-hybridized carbons (Fsp3) is 0.500. The van der Waals surface area contributed by atoms with E-state index in [2.05, 4.69) is 5.32 Å². The number of thioether (sulfide) groups is 1. The van der Waals surface area contributed by atoms with E-state index >= 15 is 0 Å². The number of hydrogen-bond donors (Lipinski definition) is 2. The predicted molar refractivity (Wildman–Crippen MR) is 84.5 cm³/mol. The van der Waals surface area contributed by atoms with Crippen molar-refractivity contribution in [2.75, 3.05) is 11.5 Å². The van der Waals surface area contributed by atoms with Gasteiger partial charge >= 0.3 is 0 Å². The molecule has 1 aromatic rings. The zero-order valence-corrected chi connectivity index (χ0v) is 13.5. The Morgan fingerprint density at radius 3 is 2.60 bits per heavy atom. The van der Waals surface area contributed by atoms with Crippen LogP contribution in [0.2, 0.25) is 10.0 Å². The maximum absolute atomic E-state index is 12.2. The molecule has 0 bridgehead atoms. The van der Waals surface area contributed by atoms with E-state index < -0.39 is 5.60 Å². The molecule has 1 fully saturated rings. The number of rotatable bonds is 3. The molecule has 6 heteroatoms. The van der Waals surface area contributed by atoms with Gasteiger partial charge in [-0.3, -0.25) is 4.79 Å². The molecule has 0 aliphatic carbocycles. The summed E-state index contributed by atoms with van der Waals surface area (Å²) in [5.74, 6) is 1.31. The Morgan fingerprint density at radius 2 is 2.00 bits per heavy atom. The van der Waals surface area contributed by atoms with Crippen LogP contribution in [-0.4, -0.2) is 28.1 Å². The lowest BCUT2D eigenvalue weighted by molar-refractivity contribution is -0.141. The summed E-state index contributed by atoms with van der Waals surface area (Å²) in [5, 5.41) is 14.2. The number of amides is 1. The smallest absolute Gasteiger partial charge is 0.252 e. The Bertz CT molecular complexity index is 504. The third-order valence-electron chi connectivity index (χ3n) is 3.53.